The number of rotatable bonds is 4. The van der Waals surface area contributed by atoms with Crippen molar-refractivity contribution < 1.29 is 4.79 Å². The third-order valence-corrected chi connectivity index (χ3v) is 5.01. The minimum absolute atomic E-state index is 0.165. The highest BCUT2D eigenvalue weighted by molar-refractivity contribution is 5.76. The Morgan fingerprint density at radius 1 is 1.24 bits per heavy atom. The average molecular weight is 340 g/mol. The number of aromatic nitrogens is 3. The molecule has 2 heterocycles. The number of likely N-dealkylation sites (tertiary alicyclic amines) is 1. The van der Waals surface area contributed by atoms with Crippen molar-refractivity contribution in [1.29, 1.82) is 0 Å². The Kier molecular flexibility index (Phi) is 5.21. The molecule has 3 rings (SSSR count). The van der Waals surface area contributed by atoms with Crippen LogP contribution in [0.2, 0.25) is 0 Å². The summed E-state index contributed by atoms with van der Waals surface area (Å²) in [6.45, 7) is 8.24. The van der Waals surface area contributed by atoms with Crippen LogP contribution in [0, 0.1) is 0 Å². The number of carbonyl (C=O) groups excluding carboxylic acids is 1. The van der Waals surface area contributed by atoms with Crippen LogP contribution in [-0.2, 0) is 16.6 Å². The Morgan fingerprint density at radius 3 is 2.64 bits per heavy atom. The molecular weight excluding hydrogens is 312 g/mol. The van der Waals surface area contributed by atoms with E-state index in [0.717, 1.165) is 32.4 Å². The van der Waals surface area contributed by atoms with Gasteiger partial charge in [-0.2, -0.15) is 5.10 Å². The predicted molar refractivity (Wildman–Crippen MR) is 98.3 cm³/mol. The molecule has 2 aromatic rings. The second-order valence-electron chi connectivity index (χ2n) is 7.96. The van der Waals surface area contributed by atoms with Crippen molar-refractivity contribution in [2.24, 2.45) is 0 Å². The van der Waals surface area contributed by atoms with Crippen molar-refractivity contribution in [2.75, 3.05) is 13.1 Å². The van der Waals surface area contributed by atoms with Gasteiger partial charge in [-0.1, -0.05) is 45.0 Å². The fourth-order valence-electron chi connectivity index (χ4n) is 3.38. The number of hydrogen-bond acceptors (Lipinski definition) is 3. The second kappa shape index (κ2) is 7.38. The van der Waals surface area contributed by atoms with Crippen LogP contribution in [0.25, 0.3) is 0 Å². The molecule has 0 unspecified atom stereocenters. The standard InChI is InChI=1S/C20H28N4O/c1-20(2,3)17-9-6-16(7-10-17)8-11-19(25)23-12-4-5-18(13-23)24-15-21-14-22-24/h6-7,9-10,14-15,18H,4-5,8,11-13H2,1-3H3/t18-/m1/s1. The molecular formula is C20H28N4O. The van der Waals surface area contributed by atoms with Crippen molar-refractivity contribution in [3.8, 4) is 0 Å². The number of hydrogen-bond donors (Lipinski definition) is 0. The molecule has 1 aromatic carbocycles. The zero-order valence-corrected chi connectivity index (χ0v) is 15.5. The molecule has 1 aliphatic heterocycles. The van der Waals surface area contributed by atoms with Crippen molar-refractivity contribution >= 4 is 5.91 Å². The minimum Gasteiger partial charge on any atom is -0.341 e. The molecule has 0 radical (unpaired) electrons. The molecule has 1 fully saturated rings. The highest BCUT2D eigenvalue weighted by atomic mass is 16.2. The second-order valence-corrected chi connectivity index (χ2v) is 7.96. The van der Waals surface area contributed by atoms with E-state index < -0.39 is 0 Å². The van der Waals surface area contributed by atoms with Crippen molar-refractivity contribution in [2.45, 2.75) is 57.9 Å². The monoisotopic (exact) mass is 340 g/mol. The Labute approximate surface area is 150 Å². The lowest BCUT2D eigenvalue weighted by molar-refractivity contribution is -0.132. The van der Waals surface area contributed by atoms with Crippen LogP contribution in [0.1, 0.15) is 57.2 Å². The maximum Gasteiger partial charge on any atom is 0.222 e. The molecule has 1 amide bonds. The molecule has 5 nitrogen and oxygen atoms in total. The van der Waals surface area contributed by atoms with Crippen LogP contribution < -0.4 is 0 Å². The maximum atomic E-state index is 12.6. The first-order valence-electron chi connectivity index (χ1n) is 9.15. The summed E-state index contributed by atoms with van der Waals surface area (Å²) < 4.78 is 1.88. The lowest BCUT2D eigenvalue weighted by Gasteiger charge is -2.32. The SMILES string of the molecule is CC(C)(C)c1ccc(CCC(=O)N2CCC[C@@H](n3cncn3)C2)cc1. The van der Waals surface area contributed by atoms with E-state index in [1.54, 1.807) is 12.7 Å². The highest BCUT2D eigenvalue weighted by Gasteiger charge is 2.24. The molecule has 0 N–H and O–H groups in total. The summed E-state index contributed by atoms with van der Waals surface area (Å²) in [5.74, 6) is 0.240. The number of benzene rings is 1. The van der Waals surface area contributed by atoms with Gasteiger partial charge in [0.2, 0.25) is 5.91 Å². The van der Waals surface area contributed by atoms with E-state index in [1.807, 2.05) is 9.58 Å². The number of aryl methyl sites for hydroxylation is 1. The fourth-order valence-corrected chi connectivity index (χ4v) is 3.38. The van der Waals surface area contributed by atoms with Gasteiger partial charge in [0.1, 0.15) is 12.7 Å². The maximum absolute atomic E-state index is 12.6. The van der Waals surface area contributed by atoms with E-state index >= 15 is 0 Å². The zero-order valence-electron chi connectivity index (χ0n) is 15.5. The normalized spacial score (nSPS) is 18.4. The first-order chi connectivity index (χ1) is 11.9. The van der Waals surface area contributed by atoms with Gasteiger partial charge >= 0.3 is 0 Å². The lowest BCUT2D eigenvalue weighted by Crippen LogP contribution is -2.40. The molecule has 25 heavy (non-hydrogen) atoms. The molecule has 134 valence electrons. The summed E-state index contributed by atoms with van der Waals surface area (Å²) in [5, 5.41) is 4.22. The predicted octanol–water partition coefficient (Wildman–Crippen LogP) is 3.37. The average Bonchev–Trinajstić information content (AvgIpc) is 3.14. The van der Waals surface area contributed by atoms with E-state index in [0.29, 0.717) is 6.42 Å². The third kappa shape index (κ3) is 4.47. The molecule has 1 aromatic heterocycles. The van der Waals surface area contributed by atoms with Crippen LogP contribution in [0.4, 0.5) is 0 Å². The van der Waals surface area contributed by atoms with E-state index in [4.69, 9.17) is 0 Å². The van der Waals surface area contributed by atoms with E-state index in [9.17, 15) is 4.79 Å². The smallest absolute Gasteiger partial charge is 0.222 e. The number of nitrogens with zero attached hydrogens (tertiary/aromatic N) is 4. The molecule has 0 saturated carbocycles. The molecule has 1 aliphatic rings. The number of piperidine rings is 1. The third-order valence-electron chi connectivity index (χ3n) is 5.01. The van der Waals surface area contributed by atoms with Gasteiger partial charge in [0.25, 0.3) is 0 Å². The summed E-state index contributed by atoms with van der Waals surface area (Å²) in [5.41, 5.74) is 2.72. The first-order valence-corrected chi connectivity index (χ1v) is 9.15. The quantitative estimate of drug-likeness (QED) is 0.857. The van der Waals surface area contributed by atoms with Crippen LogP contribution in [0.3, 0.4) is 0 Å². The molecule has 0 aliphatic carbocycles. The van der Waals surface area contributed by atoms with Crippen molar-refractivity contribution in [3.63, 3.8) is 0 Å². The summed E-state index contributed by atoms with van der Waals surface area (Å²) in [4.78, 5) is 18.6. The zero-order chi connectivity index (χ0) is 17.9. The van der Waals surface area contributed by atoms with Crippen LogP contribution in [-0.4, -0.2) is 38.7 Å². The van der Waals surface area contributed by atoms with Gasteiger partial charge in [-0.3, -0.25) is 4.79 Å². The summed E-state index contributed by atoms with van der Waals surface area (Å²) in [6, 6.07) is 8.93. The Balaban J connectivity index is 1.53. The van der Waals surface area contributed by atoms with Gasteiger partial charge in [-0.15, -0.1) is 0 Å². The van der Waals surface area contributed by atoms with Gasteiger partial charge in [0.15, 0.2) is 0 Å². The fraction of sp³-hybridized carbons (Fsp3) is 0.550. The molecule has 1 saturated heterocycles. The Morgan fingerprint density at radius 2 is 2.00 bits per heavy atom. The molecule has 0 bridgehead atoms. The van der Waals surface area contributed by atoms with Crippen LogP contribution in [0.15, 0.2) is 36.9 Å². The van der Waals surface area contributed by atoms with E-state index in [-0.39, 0.29) is 17.4 Å². The molecule has 0 spiro atoms. The topological polar surface area (TPSA) is 51.0 Å². The minimum atomic E-state index is 0.165. The van der Waals surface area contributed by atoms with Gasteiger partial charge in [0, 0.05) is 19.5 Å². The summed E-state index contributed by atoms with van der Waals surface area (Å²) in [6.07, 6.45) is 6.75. The number of carbonyl (C=O) groups is 1. The largest absolute Gasteiger partial charge is 0.341 e. The Bertz CT molecular complexity index is 685. The van der Waals surface area contributed by atoms with Gasteiger partial charge in [-0.05, 0) is 35.8 Å². The van der Waals surface area contributed by atoms with Gasteiger partial charge in [0.05, 0.1) is 6.04 Å². The van der Waals surface area contributed by atoms with E-state index in [2.05, 4.69) is 55.1 Å². The van der Waals surface area contributed by atoms with Crippen molar-refractivity contribution in [1.82, 2.24) is 19.7 Å². The summed E-state index contributed by atoms with van der Waals surface area (Å²) >= 11 is 0. The molecule has 1 atom stereocenters. The molecule has 5 heteroatoms. The van der Waals surface area contributed by atoms with Crippen molar-refractivity contribution in [3.05, 3.63) is 48.0 Å². The van der Waals surface area contributed by atoms with Crippen LogP contribution >= 0.6 is 0 Å². The number of amides is 1. The van der Waals surface area contributed by atoms with Crippen LogP contribution in [0.5, 0.6) is 0 Å². The van der Waals surface area contributed by atoms with Gasteiger partial charge < -0.3 is 4.90 Å². The highest BCUT2D eigenvalue weighted by Crippen LogP contribution is 2.23. The Hall–Kier alpha value is -2.17. The van der Waals surface area contributed by atoms with Gasteiger partial charge in [-0.25, -0.2) is 9.67 Å². The first kappa shape index (κ1) is 17.6. The van der Waals surface area contributed by atoms with E-state index in [1.165, 1.54) is 11.1 Å². The summed E-state index contributed by atoms with van der Waals surface area (Å²) in [7, 11) is 0. The lowest BCUT2D eigenvalue weighted by atomic mass is 9.86.